The summed E-state index contributed by atoms with van der Waals surface area (Å²) in [7, 11) is 3.66. The third-order valence-corrected chi connectivity index (χ3v) is 11.9. The first-order valence-electron chi connectivity index (χ1n) is 21.0. The van der Waals surface area contributed by atoms with Gasteiger partial charge in [-0.2, -0.15) is 0 Å². The van der Waals surface area contributed by atoms with Gasteiger partial charge in [-0.1, -0.05) is 65.1 Å². The number of rotatable bonds is 24. The molecule has 2 aromatic rings. The number of likely N-dealkylation sites (tertiary alicyclic amines) is 1. The summed E-state index contributed by atoms with van der Waals surface area (Å²) in [6, 6.07) is 3.15. The van der Waals surface area contributed by atoms with Gasteiger partial charge in [0.2, 0.25) is 17.7 Å². The van der Waals surface area contributed by atoms with Crippen molar-refractivity contribution in [2.75, 3.05) is 45.7 Å². The molecule has 0 radical (unpaired) electrons. The number of benzene rings is 1. The van der Waals surface area contributed by atoms with Gasteiger partial charge in [0, 0.05) is 49.3 Å². The van der Waals surface area contributed by atoms with Crippen molar-refractivity contribution >= 4 is 46.6 Å². The van der Waals surface area contributed by atoms with Crippen LogP contribution >= 0.6 is 11.3 Å². The van der Waals surface area contributed by atoms with Gasteiger partial charge in [-0.25, -0.2) is 4.98 Å². The van der Waals surface area contributed by atoms with E-state index in [1.807, 2.05) is 46.6 Å². The van der Waals surface area contributed by atoms with Crippen LogP contribution in [-0.2, 0) is 35.1 Å². The van der Waals surface area contributed by atoms with Gasteiger partial charge in [0.25, 0.3) is 5.91 Å². The van der Waals surface area contributed by atoms with Gasteiger partial charge in [0.1, 0.15) is 22.5 Å². The van der Waals surface area contributed by atoms with E-state index in [0.717, 1.165) is 37.8 Å². The van der Waals surface area contributed by atoms with Crippen LogP contribution in [0.1, 0.15) is 120 Å². The molecule has 60 heavy (non-hydrogen) atoms. The largest absolute Gasteiger partial charge is 0.506 e. The normalized spacial score (nSPS) is 16.7. The minimum absolute atomic E-state index is 0.0339. The van der Waals surface area contributed by atoms with Gasteiger partial charge in [-0.3, -0.25) is 28.9 Å². The number of aromatic hydroxyl groups is 1. The van der Waals surface area contributed by atoms with Gasteiger partial charge in [-0.05, 0) is 74.3 Å². The predicted molar refractivity (Wildman–Crippen MR) is 230 cm³/mol. The third kappa shape index (κ3) is 15.4. The zero-order valence-corrected chi connectivity index (χ0v) is 37.3. The zero-order chi connectivity index (χ0) is 44.4. The van der Waals surface area contributed by atoms with E-state index in [2.05, 4.69) is 31.0 Å². The van der Waals surface area contributed by atoms with Crippen molar-refractivity contribution in [1.29, 1.82) is 0 Å². The maximum absolute atomic E-state index is 14.2. The molecule has 18 heteroatoms. The zero-order valence-electron chi connectivity index (χ0n) is 36.4. The summed E-state index contributed by atoms with van der Waals surface area (Å²) in [6.45, 7) is 12.5. The molecule has 0 spiro atoms. The number of carbonyl (C=O) groups is 5. The van der Waals surface area contributed by atoms with Crippen molar-refractivity contribution in [3.8, 4) is 5.75 Å². The van der Waals surface area contributed by atoms with Crippen LogP contribution in [0.2, 0.25) is 0 Å². The van der Waals surface area contributed by atoms with E-state index in [-0.39, 0.29) is 91.4 Å². The average Bonchev–Trinajstić information content (AvgIpc) is 3.71. The lowest BCUT2D eigenvalue weighted by molar-refractivity contribution is -0.149. The molecule has 1 aromatic heterocycles. The van der Waals surface area contributed by atoms with Crippen molar-refractivity contribution in [2.24, 2.45) is 17.0 Å². The number of aromatic nitrogens is 1. The maximum Gasteiger partial charge on any atom is 0.303 e. The van der Waals surface area contributed by atoms with Gasteiger partial charge >= 0.3 is 5.97 Å². The minimum Gasteiger partial charge on any atom is -0.506 e. The fourth-order valence-electron chi connectivity index (χ4n) is 7.32. The number of amides is 4. The standard InChI is InChI=1S/C42H65N9O8S/c1-9-13-30(22-29-15-16-35(53)31(23-29)46-37(54)17-20-58-21-18-44-49-43)45-39(55)32-25-60-41(47-32)36(59-28(6)52)24-34(26(3)4)51(8)42(57)38(27(5)10-2)48-40(56)33-14-11-12-19-50(33)7/h15-16,23,25-27,30,33-34,36,38,53H,9-14,17-22,24H2,1-8H3,(H,45,55)(H,46,54)(H,48,56)/t27-,30+,33+,34+,36+,38-/m0/s1. The number of piperidine rings is 1. The molecule has 332 valence electrons. The molecule has 1 aliphatic heterocycles. The Morgan fingerprint density at radius 2 is 1.88 bits per heavy atom. The number of phenols is 1. The number of phenolic OH excluding ortho intramolecular Hbond substituents is 1. The van der Waals surface area contributed by atoms with Gasteiger partial charge in [0.05, 0.1) is 31.4 Å². The quantitative estimate of drug-likeness (QED) is 0.0236. The highest BCUT2D eigenvalue weighted by molar-refractivity contribution is 7.09. The second-order valence-electron chi connectivity index (χ2n) is 15.9. The third-order valence-electron chi connectivity index (χ3n) is 10.9. The molecule has 1 aliphatic rings. The summed E-state index contributed by atoms with van der Waals surface area (Å²) in [5, 5.41) is 24.7. The van der Waals surface area contributed by atoms with E-state index in [1.165, 1.54) is 24.3 Å². The summed E-state index contributed by atoms with van der Waals surface area (Å²) in [4.78, 5) is 77.3. The van der Waals surface area contributed by atoms with Crippen LogP contribution in [0.5, 0.6) is 5.75 Å². The lowest BCUT2D eigenvalue weighted by atomic mass is 9.92. The number of nitrogens with zero attached hydrogens (tertiary/aromatic N) is 6. The van der Waals surface area contributed by atoms with Crippen molar-refractivity contribution < 1.29 is 38.6 Å². The molecular weight excluding hydrogens is 791 g/mol. The molecule has 1 aromatic carbocycles. The number of hydrogen-bond donors (Lipinski definition) is 4. The van der Waals surface area contributed by atoms with Crippen LogP contribution in [-0.4, -0.2) is 114 Å². The monoisotopic (exact) mass is 855 g/mol. The van der Waals surface area contributed by atoms with Crippen molar-refractivity contribution in [3.05, 3.63) is 50.3 Å². The second-order valence-corrected chi connectivity index (χ2v) is 16.8. The Labute approximate surface area is 358 Å². The first-order chi connectivity index (χ1) is 28.6. The van der Waals surface area contributed by atoms with Crippen molar-refractivity contribution in [3.63, 3.8) is 0 Å². The van der Waals surface area contributed by atoms with E-state index in [4.69, 9.17) is 15.0 Å². The Balaban J connectivity index is 1.73. The Morgan fingerprint density at radius 1 is 1.13 bits per heavy atom. The molecule has 4 amide bonds. The molecular formula is C42H65N9O8S. The molecule has 2 heterocycles. The summed E-state index contributed by atoms with van der Waals surface area (Å²) < 4.78 is 11.1. The lowest BCUT2D eigenvalue weighted by Crippen LogP contribution is -2.58. The van der Waals surface area contributed by atoms with Gasteiger partial charge in [0.15, 0.2) is 6.10 Å². The van der Waals surface area contributed by atoms with Crippen LogP contribution in [0, 0.1) is 11.8 Å². The molecule has 4 N–H and O–H groups in total. The van der Waals surface area contributed by atoms with E-state index >= 15 is 0 Å². The number of anilines is 1. The average molecular weight is 856 g/mol. The summed E-state index contributed by atoms with van der Waals surface area (Å²) in [5.41, 5.74) is 9.51. The fraction of sp³-hybridized carbons (Fsp3) is 0.667. The second kappa shape index (κ2) is 25.1. The summed E-state index contributed by atoms with van der Waals surface area (Å²) in [5.74, 6) is -1.95. The Bertz CT molecular complexity index is 1780. The topological polar surface area (TPSA) is 228 Å². The molecule has 6 atom stereocenters. The smallest absolute Gasteiger partial charge is 0.303 e. The molecule has 17 nitrogen and oxygen atoms in total. The van der Waals surface area contributed by atoms with Gasteiger partial charge in [-0.15, -0.1) is 11.3 Å². The first kappa shape index (κ1) is 49.6. The number of carbonyl (C=O) groups excluding carboxylic acids is 5. The number of thiazole rings is 1. The SMILES string of the molecule is CCC[C@H](Cc1ccc(O)c(NC(=O)CCOCCN=[N+]=[N-])c1)NC(=O)c1csc([C@@H](C[C@H](C(C)C)N(C)C(=O)[C@@H](NC(=O)[C@H]2CCCCN2C)[C@@H](C)CC)OC(C)=O)n1. The molecule has 0 saturated carbocycles. The molecule has 1 saturated heterocycles. The number of hydrogen-bond acceptors (Lipinski definition) is 12. The maximum atomic E-state index is 14.2. The highest BCUT2D eigenvalue weighted by Crippen LogP contribution is 2.31. The Kier molecular flexibility index (Phi) is 20.8. The number of ether oxygens (including phenoxy) is 2. The number of nitrogens with one attached hydrogen (secondary N) is 3. The van der Waals surface area contributed by atoms with E-state index < -0.39 is 30.1 Å². The van der Waals surface area contributed by atoms with E-state index in [9.17, 15) is 29.1 Å². The van der Waals surface area contributed by atoms with Crippen LogP contribution in [0.3, 0.4) is 0 Å². The lowest BCUT2D eigenvalue weighted by Gasteiger charge is -2.38. The van der Waals surface area contributed by atoms with Crippen LogP contribution < -0.4 is 16.0 Å². The molecule has 0 bridgehead atoms. The van der Waals surface area contributed by atoms with E-state index in [1.54, 1.807) is 29.5 Å². The Hall–Kier alpha value is -4.77. The van der Waals surface area contributed by atoms with E-state index in [0.29, 0.717) is 24.3 Å². The molecule has 0 unspecified atom stereocenters. The van der Waals surface area contributed by atoms with Crippen molar-refractivity contribution in [1.82, 2.24) is 25.4 Å². The van der Waals surface area contributed by atoms with Crippen LogP contribution in [0.4, 0.5) is 5.69 Å². The number of esters is 1. The predicted octanol–water partition coefficient (Wildman–Crippen LogP) is 6.14. The molecule has 3 rings (SSSR count). The number of azide groups is 1. The minimum atomic E-state index is -0.842. The van der Waals surface area contributed by atoms with Crippen LogP contribution in [0.15, 0.2) is 28.7 Å². The summed E-state index contributed by atoms with van der Waals surface area (Å²) in [6.07, 6.45) is 4.66. The Morgan fingerprint density at radius 3 is 2.53 bits per heavy atom. The van der Waals surface area contributed by atoms with Gasteiger partial charge < -0.3 is 35.4 Å². The summed E-state index contributed by atoms with van der Waals surface area (Å²) >= 11 is 1.19. The van der Waals surface area contributed by atoms with Crippen molar-refractivity contribution in [2.45, 2.75) is 130 Å². The highest BCUT2D eigenvalue weighted by atomic mass is 32.1. The highest BCUT2D eigenvalue weighted by Gasteiger charge is 2.37. The molecule has 0 aliphatic carbocycles. The fourth-order valence-corrected chi connectivity index (χ4v) is 8.15. The number of likely N-dealkylation sites (N-methyl/N-ethyl adjacent to an activating group) is 2. The first-order valence-corrected chi connectivity index (χ1v) is 21.9. The molecule has 1 fully saturated rings. The van der Waals surface area contributed by atoms with Crippen LogP contribution in [0.25, 0.3) is 10.4 Å².